The summed E-state index contributed by atoms with van der Waals surface area (Å²) in [6.07, 6.45) is 5.15. The van der Waals surface area contributed by atoms with E-state index in [4.69, 9.17) is 0 Å². The van der Waals surface area contributed by atoms with Gasteiger partial charge in [-0.15, -0.1) is 0 Å². The van der Waals surface area contributed by atoms with Crippen molar-refractivity contribution in [2.24, 2.45) is 11.8 Å². The van der Waals surface area contributed by atoms with Crippen molar-refractivity contribution in [1.29, 1.82) is 0 Å². The highest BCUT2D eigenvalue weighted by atomic mass is 16.2. The van der Waals surface area contributed by atoms with Crippen LogP contribution in [0.4, 0.5) is 4.79 Å². The summed E-state index contributed by atoms with van der Waals surface area (Å²) in [6.45, 7) is 5.83. The molecule has 0 aliphatic heterocycles. The molecule has 1 aliphatic carbocycles. The molecule has 0 saturated heterocycles. The molecule has 0 aromatic carbocycles. The van der Waals surface area contributed by atoms with Gasteiger partial charge in [0, 0.05) is 13.1 Å². The van der Waals surface area contributed by atoms with Gasteiger partial charge in [0.15, 0.2) is 0 Å². The minimum atomic E-state index is -0.395. The second-order valence-electron chi connectivity index (χ2n) is 6.00. The van der Waals surface area contributed by atoms with Gasteiger partial charge in [0.1, 0.15) is 0 Å². The Kier molecular flexibility index (Phi) is 6.84. The molecular formula is C14H27N3O2. The van der Waals surface area contributed by atoms with Crippen molar-refractivity contribution >= 4 is 11.9 Å². The Bertz CT molecular complexity index is 299. The fourth-order valence-electron chi connectivity index (χ4n) is 2.45. The Morgan fingerprint density at radius 3 is 2.47 bits per heavy atom. The van der Waals surface area contributed by atoms with Crippen LogP contribution in [0.5, 0.6) is 0 Å². The van der Waals surface area contributed by atoms with Gasteiger partial charge in [-0.3, -0.25) is 15.0 Å². The van der Waals surface area contributed by atoms with Crippen LogP contribution in [0.25, 0.3) is 0 Å². The van der Waals surface area contributed by atoms with Gasteiger partial charge in [0.05, 0.1) is 6.54 Å². The van der Waals surface area contributed by atoms with Gasteiger partial charge in [0.2, 0.25) is 5.91 Å². The number of hydrogen-bond donors (Lipinski definition) is 2. The first-order valence-corrected chi connectivity index (χ1v) is 7.23. The Balaban J connectivity index is 2.16. The predicted molar refractivity (Wildman–Crippen MR) is 75.8 cm³/mol. The molecule has 1 fully saturated rings. The molecule has 0 aromatic rings. The third-order valence-electron chi connectivity index (χ3n) is 3.38. The highest BCUT2D eigenvalue weighted by Gasteiger charge is 2.18. The second-order valence-corrected chi connectivity index (χ2v) is 6.00. The van der Waals surface area contributed by atoms with Crippen molar-refractivity contribution in [2.45, 2.75) is 39.5 Å². The van der Waals surface area contributed by atoms with Crippen molar-refractivity contribution in [3.8, 4) is 0 Å². The number of likely N-dealkylation sites (N-methyl/N-ethyl adjacent to an activating group) is 1. The third-order valence-corrected chi connectivity index (χ3v) is 3.38. The molecular weight excluding hydrogens is 242 g/mol. The first-order valence-electron chi connectivity index (χ1n) is 7.23. The van der Waals surface area contributed by atoms with Crippen LogP contribution < -0.4 is 10.6 Å². The van der Waals surface area contributed by atoms with Crippen LogP contribution in [0.2, 0.25) is 0 Å². The minimum Gasteiger partial charge on any atom is -0.338 e. The number of amides is 3. The molecule has 1 aliphatic rings. The fraction of sp³-hybridized carbons (Fsp3) is 0.857. The van der Waals surface area contributed by atoms with E-state index in [0.29, 0.717) is 18.4 Å². The Labute approximate surface area is 116 Å². The van der Waals surface area contributed by atoms with Crippen molar-refractivity contribution < 1.29 is 9.59 Å². The molecule has 5 nitrogen and oxygen atoms in total. The molecule has 5 heteroatoms. The zero-order valence-corrected chi connectivity index (χ0v) is 12.4. The van der Waals surface area contributed by atoms with Crippen LogP contribution in [0.1, 0.15) is 39.5 Å². The zero-order valence-electron chi connectivity index (χ0n) is 12.4. The quantitative estimate of drug-likeness (QED) is 0.770. The average molecular weight is 269 g/mol. The van der Waals surface area contributed by atoms with Crippen LogP contribution in [0, 0.1) is 11.8 Å². The summed E-state index contributed by atoms with van der Waals surface area (Å²) in [5, 5.41) is 5.03. The van der Waals surface area contributed by atoms with E-state index in [1.54, 1.807) is 0 Å². The Morgan fingerprint density at radius 1 is 1.26 bits per heavy atom. The molecule has 0 heterocycles. The monoisotopic (exact) mass is 269 g/mol. The fourth-order valence-corrected chi connectivity index (χ4v) is 2.45. The first kappa shape index (κ1) is 16.0. The predicted octanol–water partition coefficient (Wildman–Crippen LogP) is 1.59. The van der Waals surface area contributed by atoms with Crippen LogP contribution >= 0.6 is 0 Å². The van der Waals surface area contributed by atoms with Gasteiger partial charge in [0.25, 0.3) is 0 Å². The largest absolute Gasteiger partial charge is 0.338 e. The highest BCUT2D eigenvalue weighted by Crippen LogP contribution is 2.24. The van der Waals surface area contributed by atoms with Gasteiger partial charge in [-0.05, 0) is 31.7 Å². The van der Waals surface area contributed by atoms with E-state index in [2.05, 4.69) is 10.6 Å². The van der Waals surface area contributed by atoms with E-state index < -0.39 is 6.03 Å². The topological polar surface area (TPSA) is 61.4 Å². The normalized spacial score (nSPS) is 16.1. The molecule has 110 valence electrons. The first-order chi connectivity index (χ1) is 8.97. The van der Waals surface area contributed by atoms with E-state index in [1.807, 2.05) is 25.8 Å². The van der Waals surface area contributed by atoms with Crippen molar-refractivity contribution in [2.75, 3.05) is 26.7 Å². The van der Waals surface area contributed by atoms with Crippen LogP contribution in [0.3, 0.4) is 0 Å². The van der Waals surface area contributed by atoms with Gasteiger partial charge < -0.3 is 5.32 Å². The van der Waals surface area contributed by atoms with E-state index in [1.165, 1.54) is 25.7 Å². The van der Waals surface area contributed by atoms with Crippen LogP contribution in [0.15, 0.2) is 0 Å². The number of urea groups is 1. The summed E-state index contributed by atoms with van der Waals surface area (Å²) >= 11 is 0. The number of carbonyl (C=O) groups excluding carboxylic acids is 2. The maximum Gasteiger partial charge on any atom is 0.321 e. The summed E-state index contributed by atoms with van der Waals surface area (Å²) < 4.78 is 0. The SMILES string of the molecule is CC(C)CNC(=O)NC(=O)CN(C)CC1CCCC1. The van der Waals surface area contributed by atoms with E-state index in [0.717, 1.165) is 6.54 Å². The number of nitrogens with one attached hydrogen (secondary N) is 2. The lowest BCUT2D eigenvalue weighted by Gasteiger charge is -2.20. The van der Waals surface area contributed by atoms with Crippen molar-refractivity contribution in [3.63, 3.8) is 0 Å². The molecule has 2 N–H and O–H groups in total. The molecule has 1 saturated carbocycles. The maximum atomic E-state index is 11.7. The highest BCUT2D eigenvalue weighted by molar-refractivity contribution is 5.95. The average Bonchev–Trinajstić information content (AvgIpc) is 2.78. The second kappa shape index (κ2) is 8.15. The summed E-state index contributed by atoms with van der Waals surface area (Å²) in [5.41, 5.74) is 0. The molecule has 3 amide bonds. The smallest absolute Gasteiger partial charge is 0.321 e. The molecule has 19 heavy (non-hydrogen) atoms. The Morgan fingerprint density at radius 2 is 1.89 bits per heavy atom. The maximum absolute atomic E-state index is 11.7. The molecule has 0 atom stereocenters. The van der Waals surface area contributed by atoms with Gasteiger partial charge in [-0.1, -0.05) is 26.7 Å². The summed E-state index contributed by atoms with van der Waals surface area (Å²) in [6, 6.07) is -0.395. The number of imide groups is 1. The molecule has 0 aromatic heterocycles. The van der Waals surface area contributed by atoms with E-state index >= 15 is 0 Å². The summed E-state index contributed by atoms with van der Waals surface area (Å²) in [4.78, 5) is 25.1. The zero-order chi connectivity index (χ0) is 14.3. The van der Waals surface area contributed by atoms with Crippen molar-refractivity contribution in [3.05, 3.63) is 0 Å². The molecule has 0 unspecified atom stereocenters. The molecule has 1 rings (SSSR count). The van der Waals surface area contributed by atoms with Gasteiger partial charge in [-0.2, -0.15) is 0 Å². The lowest BCUT2D eigenvalue weighted by atomic mass is 10.1. The number of hydrogen-bond acceptors (Lipinski definition) is 3. The minimum absolute atomic E-state index is 0.234. The number of carbonyl (C=O) groups is 2. The summed E-state index contributed by atoms with van der Waals surface area (Å²) in [5.74, 6) is 0.861. The lowest BCUT2D eigenvalue weighted by molar-refractivity contribution is -0.121. The van der Waals surface area contributed by atoms with Gasteiger partial charge in [-0.25, -0.2) is 4.79 Å². The summed E-state index contributed by atoms with van der Waals surface area (Å²) in [7, 11) is 1.93. The molecule has 0 spiro atoms. The van der Waals surface area contributed by atoms with Crippen LogP contribution in [-0.2, 0) is 4.79 Å². The molecule has 0 bridgehead atoms. The number of nitrogens with zero attached hydrogens (tertiary/aromatic N) is 1. The van der Waals surface area contributed by atoms with E-state index in [9.17, 15) is 9.59 Å². The van der Waals surface area contributed by atoms with Crippen molar-refractivity contribution in [1.82, 2.24) is 15.5 Å². The number of rotatable bonds is 6. The lowest BCUT2D eigenvalue weighted by Crippen LogP contribution is -2.45. The van der Waals surface area contributed by atoms with E-state index in [-0.39, 0.29) is 12.5 Å². The Hall–Kier alpha value is -1.10. The van der Waals surface area contributed by atoms with Crippen LogP contribution in [-0.4, -0.2) is 43.5 Å². The molecule has 0 radical (unpaired) electrons. The third kappa shape index (κ3) is 7.15. The standard InChI is InChI=1S/C14H27N3O2/c1-11(2)8-15-14(19)16-13(18)10-17(3)9-12-6-4-5-7-12/h11-12H,4-10H2,1-3H3,(H2,15,16,18,19). The van der Waals surface area contributed by atoms with Gasteiger partial charge >= 0.3 is 6.03 Å².